The van der Waals surface area contributed by atoms with E-state index in [2.05, 4.69) is 5.32 Å². The van der Waals surface area contributed by atoms with Crippen LogP contribution in [0.2, 0.25) is 0 Å². The van der Waals surface area contributed by atoms with E-state index in [9.17, 15) is 19.2 Å². The van der Waals surface area contributed by atoms with Crippen LogP contribution >= 0.6 is 0 Å². The topological polar surface area (TPSA) is 102 Å². The Morgan fingerprint density at radius 1 is 1.04 bits per heavy atom. The van der Waals surface area contributed by atoms with Crippen molar-refractivity contribution in [3.8, 4) is 5.75 Å². The van der Waals surface area contributed by atoms with Gasteiger partial charge >= 0.3 is 5.97 Å². The zero-order valence-corrected chi connectivity index (χ0v) is 15.1. The summed E-state index contributed by atoms with van der Waals surface area (Å²) in [5.41, 5.74) is 1.05. The van der Waals surface area contributed by atoms with Gasteiger partial charge < -0.3 is 14.8 Å². The molecule has 0 atom stereocenters. The number of rotatable bonds is 7. The van der Waals surface area contributed by atoms with Crippen LogP contribution < -0.4 is 15.0 Å². The van der Waals surface area contributed by atoms with Crippen molar-refractivity contribution in [3.05, 3.63) is 54.1 Å². The number of amides is 2. The van der Waals surface area contributed by atoms with Crippen LogP contribution in [0.15, 0.2) is 48.5 Å². The summed E-state index contributed by atoms with van der Waals surface area (Å²) >= 11 is 0. The van der Waals surface area contributed by atoms with Gasteiger partial charge in [0, 0.05) is 0 Å². The van der Waals surface area contributed by atoms with Crippen LogP contribution in [0.3, 0.4) is 0 Å². The van der Waals surface area contributed by atoms with Gasteiger partial charge in [0.25, 0.3) is 17.6 Å². The second kappa shape index (κ2) is 8.34. The molecule has 2 aromatic carbocycles. The lowest BCUT2D eigenvalue weighted by atomic mass is 10.1. The van der Waals surface area contributed by atoms with E-state index in [1.165, 1.54) is 6.07 Å². The van der Waals surface area contributed by atoms with Crippen LogP contribution in [0.4, 0.5) is 11.4 Å². The number of anilines is 2. The number of fused-ring (bicyclic) bond motifs is 1. The summed E-state index contributed by atoms with van der Waals surface area (Å²) < 4.78 is 10.3. The summed E-state index contributed by atoms with van der Waals surface area (Å²) in [5, 5.41) is 2.60. The number of ether oxygens (including phenoxy) is 2. The van der Waals surface area contributed by atoms with E-state index < -0.39 is 36.7 Å². The number of hydrogen-bond acceptors (Lipinski definition) is 6. The highest BCUT2D eigenvalue weighted by molar-refractivity contribution is 6.52. The van der Waals surface area contributed by atoms with E-state index in [1.54, 1.807) is 42.5 Å². The highest BCUT2D eigenvalue weighted by Crippen LogP contribution is 2.28. The molecule has 8 nitrogen and oxygen atoms in total. The predicted octanol–water partition coefficient (Wildman–Crippen LogP) is 1.80. The molecule has 0 saturated carbocycles. The molecule has 0 aliphatic carbocycles. The van der Waals surface area contributed by atoms with Crippen LogP contribution in [-0.2, 0) is 19.1 Å². The maximum absolute atomic E-state index is 12.1. The summed E-state index contributed by atoms with van der Waals surface area (Å²) in [4.78, 5) is 49.1. The van der Waals surface area contributed by atoms with Crippen molar-refractivity contribution in [2.24, 2.45) is 0 Å². The molecule has 0 radical (unpaired) electrons. The second-order valence-corrected chi connectivity index (χ2v) is 5.88. The number of carbonyl (C=O) groups is 4. The van der Waals surface area contributed by atoms with E-state index in [4.69, 9.17) is 9.47 Å². The minimum atomic E-state index is -0.800. The molecule has 28 heavy (non-hydrogen) atoms. The van der Waals surface area contributed by atoms with Crippen LogP contribution in [0.5, 0.6) is 5.75 Å². The van der Waals surface area contributed by atoms with Gasteiger partial charge in [-0.3, -0.25) is 24.1 Å². The first kappa shape index (κ1) is 19.1. The maximum atomic E-state index is 12.1. The van der Waals surface area contributed by atoms with Gasteiger partial charge in [-0.2, -0.15) is 0 Å². The Hall–Kier alpha value is -3.68. The highest BCUT2D eigenvalue weighted by atomic mass is 16.5. The van der Waals surface area contributed by atoms with Gasteiger partial charge in [-0.1, -0.05) is 24.3 Å². The first-order valence-corrected chi connectivity index (χ1v) is 8.63. The van der Waals surface area contributed by atoms with Crippen LogP contribution in [-0.4, -0.2) is 43.3 Å². The second-order valence-electron chi connectivity index (χ2n) is 5.88. The summed E-state index contributed by atoms with van der Waals surface area (Å²) in [6.45, 7) is 1.27. The summed E-state index contributed by atoms with van der Waals surface area (Å²) in [6.07, 6.45) is 0. The molecule has 0 fully saturated rings. The van der Waals surface area contributed by atoms with Crippen molar-refractivity contribution in [3.63, 3.8) is 0 Å². The SMILES string of the molecule is CCOc1ccccc1NC(=O)COC(=O)CN1C(=O)C(=O)c2ccccc21. The smallest absolute Gasteiger partial charge is 0.326 e. The Labute approximate surface area is 161 Å². The number of Topliss-reactive ketones (excluding diaryl/α,β-unsaturated/α-hetero) is 1. The quantitative estimate of drug-likeness (QED) is 0.579. The molecule has 0 aromatic heterocycles. The van der Waals surface area contributed by atoms with E-state index in [-0.39, 0.29) is 5.56 Å². The monoisotopic (exact) mass is 382 g/mol. The fourth-order valence-electron chi connectivity index (χ4n) is 2.76. The number of para-hydroxylation sites is 3. The number of ketones is 1. The molecule has 2 amide bonds. The summed E-state index contributed by atoms with van der Waals surface area (Å²) in [7, 11) is 0. The normalized spacial score (nSPS) is 12.5. The van der Waals surface area contributed by atoms with Crippen LogP contribution in [0, 0.1) is 0 Å². The van der Waals surface area contributed by atoms with Gasteiger partial charge in [0.1, 0.15) is 12.3 Å². The molecular weight excluding hydrogens is 364 g/mol. The van der Waals surface area contributed by atoms with Crippen molar-refractivity contribution < 1.29 is 28.7 Å². The van der Waals surface area contributed by atoms with Crippen LogP contribution in [0.1, 0.15) is 17.3 Å². The molecule has 144 valence electrons. The van der Waals surface area contributed by atoms with E-state index in [0.717, 1.165) is 4.90 Å². The fraction of sp³-hybridized carbons (Fsp3) is 0.200. The van der Waals surface area contributed by atoms with Crippen molar-refractivity contribution in [2.75, 3.05) is 30.0 Å². The zero-order valence-electron chi connectivity index (χ0n) is 15.1. The van der Waals surface area contributed by atoms with E-state index >= 15 is 0 Å². The van der Waals surface area contributed by atoms with Crippen LogP contribution in [0.25, 0.3) is 0 Å². The number of benzene rings is 2. The molecule has 1 aliphatic rings. The molecule has 0 saturated heterocycles. The van der Waals surface area contributed by atoms with Gasteiger partial charge in [0.15, 0.2) is 6.61 Å². The lowest BCUT2D eigenvalue weighted by Gasteiger charge is -2.15. The largest absolute Gasteiger partial charge is 0.492 e. The molecule has 0 spiro atoms. The minimum absolute atomic E-state index is 0.241. The Bertz CT molecular complexity index is 940. The van der Waals surface area contributed by atoms with Crippen molar-refractivity contribution in [2.45, 2.75) is 6.92 Å². The Kier molecular flexibility index (Phi) is 5.69. The molecule has 1 aliphatic heterocycles. The number of esters is 1. The number of nitrogens with zero attached hydrogens (tertiary/aromatic N) is 1. The third kappa shape index (κ3) is 4.01. The number of nitrogens with one attached hydrogen (secondary N) is 1. The standard InChI is InChI=1S/C20H18N2O6/c1-2-27-16-10-6-4-8-14(16)21-17(23)12-28-18(24)11-22-15-9-5-3-7-13(15)19(25)20(22)26/h3-10H,2,11-12H2,1H3,(H,21,23). The zero-order chi connectivity index (χ0) is 20.1. The van der Waals surface area contributed by atoms with E-state index in [1.807, 2.05) is 6.92 Å². The average Bonchev–Trinajstić information content (AvgIpc) is 2.93. The van der Waals surface area contributed by atoms with E-state index in [0.29, 0.717) is 23.7 Å². The Morgan fingerprint density at radius 2 is 1.75 bits per heavy atom. The maximum Gasteiger partial charge on any atom is 0.326 e. The molecule has 0 bridgehead atoms. The van der Waals surface area contributed by atoms with Gasteiger partial charge in [0.05, 0.1) is 23.5 Å². The molecule has 2 aromatic rings. The first-order chi connectivity index (χ1) is 13.5. The van der Waals surface area contributed by atoms with Gasteiger partial charge in [0.2, 0.25) is 0 Å². The predicted molar refractivity (Wildman–Crippen MR) is 100 cm³/mol. The first-order valence-electron chi connectivity index (χ1n) is 8.63. The number of carbonyl (C=O) groups excluding carboxylic acids is 4. The molecular formula is C20H18N2O6. The summed E-state index contributed by atoms with van der Waals surface area (Å²) in [6, 6.07) is 13.3. The van der Waals surface area contributed by atoms with Crippen molar-refractivity contribution >= 4 is 34.9 Å². The molecule has 0 unspecified atom stereocenters. The lowest BCUT2D eigenvalue weighted by Crippen LogP contribution is -2.36. The third-order valence-electron chi connectivity index (χ3n) is 3.99. The van der Waals surface area contributed by atoms with Gasteiger partial charge in [-0.25, -0.2) is 0 Å². The number of hydrogen-bond donors (Lipinski definition) is 1. The molecule has 1 heterocycles. The van der Waals surface area contributed by atoms with Gasteiger partial charge in [-0.05, 0) is 31.2 Å². The fourth-order valence-corrected chi connectivity index (χ4v) is 2.76. The molecule has 3 rings (SSSR count). The third-order valence-corrected chi connectivity index (χ3v) is 3.99. The van der Waals surface area contributed by atoms with Crippen molar-refractivity contribution in [1.29, 1.82) is 0 Å². The highest BCUT2D eigenvalue weighted by Gasteiger charge is 2.36. The lowest BCUT2D eigenvalue weighted by molar-refractivity contribution is -0.146. The molecule has 8 heteroatoms. The summed E-state index contributed by atoms with van der Waals surface area (Å²) in [5.74, 6) is -2.32. The Morgan fingerprint density at radius 3 is 2.54 bits per heavy atom. The minimum Gasteiger partial charge on any atom is -0.492 e. The Balaban J connectivity index is 1.56. The van der Waals surface area contributed by atoms with Gasteiger partial charge in [-0.15, -0.1) is 0 Å². The molecule has 1 N–H and O–H groups in total. The average molecular weight is 382 g/mol. The van der Waals surface area contributed by atoms with Crippen molar-refractivity contribution in [1.82, 2.24) is 0 Å².